The molecule has 10 heteroatoms. The normalized spacial score (nSPS) is 11.7. The first-order chi connectivity index (χ1) is 13.2. The maximum absolute atomic E-state index is 13.0. The van der Waals surface area contributed by atoms with Crippen molar-refractivity contribution in [2.24, 2.45) is 0 Å². The molecule has 0 radical (unpaired) electrons. The quantitative estimate of drug-likeness (QED) is 0.624. The summed E-state index contributed by atoms with van der Waals surface area (Å²) in [5.74, 6) is -0.347. The summed E-state index contributed by atoms with van der Waals surface area (Å²) < 4.78 is 45.5. The average molecular weight is 421 g/mol. The predicted molar refractivity (Wildman–Crippen MR) is 106 cm³/mol. The van der Waals surface area contributed by atoms with Crippen LogP contribution in [0.25, 0.3) is 12.2 Å². The summed E-state index contributed by atoms with van der Waals surface area (Å²) in [6, 6.07) is 8.14. The van der Waals surface area contributed by atoms with Gasteiger partial charge < -0.3 is 9.84 Å². The molecule has 28 heavy (non-hydrogen) atoms. The molecule has 2 aromatic heterocycles. The molecular weight excluding hydrogens is 405 g/mol. The smallest absolute Gasteiger partial charge is 0.271 e. The lowest BCUT2D eigenvalue weighted by atomic mass is 10.2. The lowest BCUT2D eigenvalue weighted by Gasteiger charge is -2.05. The van der Waals surface area contributed by atoms with E-state index < -0.39 is 15.8 Å². The Bertz CT molecular complexity index is 1130. The lowest BCUT2D eigenvalue weighted by Crippen LogP contribution is -2.11. The molecule has 0 saturated carbocycles. The standard InChI is InChI=1S/C18H16FN3O4S2/c1-11-18(20-12(2)23)16(26-21-11)9-7-15-8-10-17(27-15)28(24,25)22-14-5-3-13(19)4-6-14/h3-10,22H,1-2H3,(H,20,23)/b9-7+. The molecule has 0 aliphatic heterocycles. The number of benzene rings is 1. The molecule has 0 atom stereocenters. The second-order valence-corrected chi connectivity index (χ2v) is 8.82. The van der Waals surface area contributed by atoms with Crippen molar-refractivity contribution in [1.82, 2.24) is 5.16 Å². The highest BCUT2D eigenvalue weighted by Gasteiger charge is 2.17. The third-order valence-corrected chi connectivity index (χ3v) is 6.48. The zero-order valence-corrected chi connectivity index (χ0v) is 16.5. The number of aryl methyl sites for hydroxylation is 1. The van der Waals surface area contributed by atoms with E-state index in [1.54, 1.807) is 25.1 Å². The van der Waals surface area contributed by atoms with E-state index >= 15 is 0 Å². The first-order valence-electron chi connectivity index (χ1n) is 8.05. The van der Waals surface area contributed by atoms with Crippen molar-refractivity contribution in [2.45, 2.75) is 18.1 Å². The monoisotopic (exact) mass is 421 g/mol. The summed E-state index contributed by atoms with van der Waals surface area (Å²) in [5, 5.41) is 6.45. The van der Waals surface area contributed by atoms with Crippen LogP contribution in [0.2, 0.25) is 0 Å². The van der Waals surface area contributed by atoms with E-state index in [2.05, 4.69) is 15.2 Å². The number of thiophene rings is 1. The fraction of sp³-hybridized carbons (Fsp3) is 0.111. The minimum Gasteiger partial charge on any atom is -0.354 e. The molecule has 3 aromatic rings. The van der Waals surface area contributed by atoms with Crippen LogP contribution in [0.15, 0.2) is 45.1 Å². The van der Waals surface area contributed by atoms with Crippen molar-refractivity contribution in [3.8, 4) is 0 Å². The van der Waals surface area contributed by atoms with Crippen LogP contribution in [0, 0.1) is 12.7 Å². The van der Waals surface area contributed by atoms with Gasteiger partial charge in [-0.25, -0.2) is 12.8 Å². The molecule has 0 spiro atoms. The average Bonchev–Trinajstić information content (AvgIpc) is 3.23. The van der Waals surface area contributed by atoms with Crippen molar-refractivity contribution in [3.63, 3.8) is 0 Å². The number of hydrogen-bond acceptors (Lipinski definition) is 6. The molecule has 2 heterocycles. The highest BCUT2D eigenvalue weighted by molar-refractivity contribution is 7.94. The van der Waals surface area contributed by atoms with Gasteiger partial charge in [0.1, 0.15) is 21.4 Å². The third-order valence-electron chi connectivity index (χ3n) is 3.55. The summed E-state index contributed by atoms with van der Waals surface area (Å²) >= 11 is 1.05. The zero-order valence-electron chi connectivity index (χ0n) is 14.9. The van der Waals surface area contributed by atoms with Gasteiger partial charge in [0.05, 0.1) is 0 Å². The van der Waals surface area contributed by atoms with Gasteiger partial charge >= 0.3 is 0 Å². The van der Waals surface area contributed by atoms with Gasteiger partial charge in [0.2, 0.25) is 5.91 Å². The summed E-state index contributed by atoms with van der Waals surface area (Å²) in [4.78, 5) is 11.9. The van der Waals surface area contributed by atoms with Crippen LogP contribution >= 0.6 is 11.3 Å². The minimum absolute atomic E-state index is 0.104. The van der Waals surface area contributed by atoms with Gasteiger partial charge in [-0.05, 0) is 55.5 Å². The number of nitrogens with zero attached hydrogens (tertiary/aromatic N) is 1. The van der Waals surface area contributed by atoms with E-state index in [0.717, 1.165) is 11.3 Å². The molecule has 7 nitrogen and oxygen atoms in total. The number of halogens is 1. The SMILES string of the molecule is CC(=O)Nc1c(C)noc1/C=C/c1ccc(S(=O)(=O)Nc2ccc(F)cc2)s1. The Morgan fingerprint density at radius 2 is 1.89 bits per heavy atom. The zero-order chi connectivity index (χ0) is 20.3. The fourth-order valence-electron chi connectivity index (χ4n) is 2.28. The van der Waals surface area contributed by atoms with Crippen LogP contribution in [0.5, 0.6) is 0 Å². The third kappa shape index (κ3) is 4.65. The van der Waals surface area contributed by atoms with Crippen molar-refractivity contribution in [1.29, 1.82) is 0 Å². The summed E-state index contributed by atoms with van der Waals surface area (Å²) in [6.45, 7) is 3.08. The fourth-order valence-corrected chi connectivity index (χ4v) is 4.57. The van der Waals surface area contributed by atoms with E-state index in [1.165, 1.54) is 37.3 Å². The molecule has 0 saturated heterocycles. The second-order valence-electron chi connectivity index (χ2n) is 5.79. The summed E-state index contributed by atoms with van der Waals surface area (Å²) in [7, 11) is -3.79. The number of carbonyl (C=O) groups excluding carboxylic acids is 1. The van der Waals surface area contributed by atoms with Crippen LogP contribution < -0.4 is 10.0 Å². The lowest BCUT2D eigenvalue weighted by molar-refractivity contribution is -0.114. The Hall–Kier alpha value is -2.98. The molecule has 0 fully saturated rings. The maximum Gasteiger partial charge on any atom is 0.271 e. The van der Waals surface area contributed by atoms with Crippen LogP contribution in [-0.2, 0) is 14.8 Å². The van der Waals surface area contributed by atoms with E-state index in [9.17, 15) is 17.6 Å². The Kier molecular flexibility index (Phi) is 5.61. The number of hydrogen-bond donors (Lipinski definition) is 2. The topological polar surface area (TPSA) is 101 Å². The van der Waals surface area contributed by atoms with Crippen molar-refractivity contribution in [3.05, 3.63) is 58.5 Å². The molecule has 1 aromatic carbocycles. The first-order valence-corrected chi connectivity index (χ1v) is 10.3. The highest BCUT2D eigenvalue weighted by atomic mass is 32.2. The Labute approximate surface area is 164 Å². The largest absolute Gasteiger partial charge is 0.354 e. The van der Waals surface area contributed by atoms with Gasteiger partial charge in [0, 0.05) is 17.5 Å². The number of nitrogens with one attached hydrogen (secondary N) is 2. The van der Waals surface area contributed by atoms with Gasteiger partial charge in [-0.15, -0.1) is 11.3 Å². The molecule has 2 N–H and O–H groups in total. The molecular formula is C18H16FN3O4S2. The first kappa shape index (κ1) is 19.8. The molecule has 0 bridgehead atoms. The Morgan fingerprint density at radius 3 is 2.57 bits per heavy atom. The van der Waals surface area contributed by atoms with E-state index in [1.807, 2.05) is 0 Å². The van der Waals surface area contributed by atoms with Gasteiger partial charge in [-0.1, -0.05) is 5.16 Å². The number of sulfonamides is 1. The van der Waals surface area contributed by atoms with Gasteiger partial charge in [0.15, 0.2) is 5.76 Å². The number of rotatable bonds is 6. The minimum atomic E-state index is -3.79. The van der Waals surface area contributed by atoms with Crippen LogP contribution in [-0.4, -0.2) is 19.5 Å². The Morgan fingerprint density at radius 1 is 1.18 bits per heavy atom. The number of carbonyl (C=O) groups is 1. The number of amides is 1. The molecule has 146 valence electrons. The van der Waals surface area contributed by atoms with E-state index in [4.69, 9.17) is 4.52 Å². The summed E-state index contributed by atoms with van der Waals surface area (Å²) in [5.41, 5.74) is 1.27. The van der Waals surface area contributed by atoms with Gasteiger partial charge in [-0.2, -0.15) is 0 Å². The molecule has 0 aliphatic rings. The Balaban J connectivity index is 1.78. The summed E-state index contributed by atoms with van der Waals surface area (Å²) in [6.07, 6.45) is 3.26. The van der Waals surface area contributed by atoms with Gasteiger partial charge in [0.25, 0.3) is 10.0 Å². The van der Waals surface area contributed by atoms with Crippen LogP contribution in [0.3, 0.4) is 0 Å². The van der Waals surface area contributed by atoms with Crippen molar-refractivity contribution >= 4 is 50.8 Å². The van der Waals surface area contributed by atoms with Crippen molar-refractivity contribution in [2.75, 3.05) is 10.0 Å². The highest BCUT2D eigenvalue weighted by Crippen LogP contribution is 2.27. The molecule has 1 amide bonds. The second kappa shape index (κ2) is 7.95. The van der Waals surface area contributed by atoms with Crippen molar-refractivity contribution < 1.29 is 22.1 Å². The van der Waals surface area contributed by atoms with E-state index in [-0.39, 0.29) is 15.8 Å². The molecule has 0 aliphatic carbocycles. The van der Waals surface area contributed by atoms with Crippen LogP contribution in [0.1, 0.15) is 23.3 Å². The number of aromatic nitrogens is 1. The van der Waals surface area contributed by atoms with E-state index in [0.29, 0.717) is 22.0 Å². The molecule has 3 rings (SSSR count). The predicted octanol–water partition coefficient (Wildman–Crippen LogP) is 4.11. The van der Waals surface area contributed by atoms with Gasteiger partial charge in [-0.3, -0.25) is 9.52 Å². The maximum atomic E-state index is 13.0. The number of anilines is 2. The van der Waals surface area contributed by atoms with Crippen LogP contribution in [0.4, 0.5) is 15.8 Å². The molecule has 0 unspecified atom stereocenters.